The number of hydrogen-bond donors (Lipinski definition) is 1. The highest BCUT2D eigenvalue weighted by Crippen LogP contribution is 2.06. The quantitative estimate of drug-likeness (QED) is 0.505. The van der Waals surface area contributed by atoms with Gasteiger partial charge in [0, 0.05) is 6.42 Å². The van der Waals surface area contributed by atoms with E-state index >= 15 is 0 Å². The number of aliphatic hydroxyl groups excluding tert-OH is 1. The summed E-state index contributed by atoms with van der Waals surface area (Å²) >= 11 is 0. The fourth-order valence-electron chi connectivity index (χ4n) is 0.813. The van der Waals surface area contributed by atoms with Crippen LogP contribution >= 0.6 is 0 Å². The number of ether oxygens (including phenoxy) is 1. The molecule has 9 heavy (non-hydrogen) atoms. The van der Waals surface area contributed by atoms with E-state index in [0.29, 0.717) is 13.0 Å². The molecule has 1 fully saturated rings. The fraction of sp³-hybridized carbons (Fsp3) is 0.833. The number of carbonyl (C=O) groups excluding carboxylic acids is 1. The molecule has 0 bridgehead atoms. The Morgan fingerprint density at radius 3 is 3.11 bits per heavy atom. The molecule has 1 atom stereocenters. The van der Waals surface area contributed by atoms with Crippen LogP contribution in [-0.2, 0) is 9.53 Å². The first kappa shape index (κ1) is 6.71. The van der Waals surface area contributed by atoms with Crippen molar-refractivity contribution in [1.29, 1.82) is 0 Å². The lowest BCUT2D eigenvalue weighted by Gasteiger charge is -2.03. The highest BCUT2D eigenvalue weighted by Gasteiger charge is 2.17. The van der Waals surface area contributed by atoms with Gasteiger partial charge in [0.2, 0.25) is 6.29 Å². The molecule has 1 saturated heterocycles. The molecule has 1 rings (SSSR count). The van der Waals surface area contributed by atoms with Crippen molar-refractivity contribution in [1.82, 2.24) is 0 Å². The van der Waals surface area contributed by atoms with E-state index in [2.05, 4.69) is 0 Å². The highest BCUT2D eigenvalue weighted by atomic mass is 16.6. The third-order valence-corrected chi connectivity index (χ3v) is 1.37. The van der Waals surface area contributed by atoms with Gasteiger partial charge in [-0.1, -0.05) is 0 Å². The van der Waals surface area contributed by atoms with Gasteiger partial charge in [-0.15, -0.1) is 0 Å². The van der Waals surface area contributed by atoms with Crippen LogP contribution in [0.3, 0.4) is 0 Å². The van der Waals surface area contributed by atoms with Crippen LogP contribution < -0.4 is 0 Å². The summed E-state index contributed by atoms with van der Waals surface area (Å²) in [5.74, 6) is -0.187. The van der Waals surface area contributed by atoms with Gasteiger partial charge >= 0.3 is 0 Å². The van der Waals surface area contributed by atoms with E-state index in [1.807, 2.05) is 0 Å². The fourth-order valence-corrected chi connectivity index (χ4v) is 0.813. The predicted octanol–water partition coefficient (Wildman–Crippen LogP) is 0.0744. The largest absolute Gasteiger partial charge is 0.362 e. The minimum Gasteiger partial charge on any atom is -0.362 e. The van der Waals surface area contributed by atoms with E-state index < -0.39 is 6.29 Å². The number of ketones is 1. The maximum absolute atomic E-state index is 10.6. The van der Waals surface area contributed by atoms with Gasteiger partial charge in [0.1, 0.15) is 0 Å². The van der Waals surface area contributed by atoms with E-state index in [1.54, 1.807) is 0 Å². The van der Waals surface area contributed by atoms with Gasteiger partial charge in [-0.25, -0.2) is 0 Å². The van der Waals surface area contributed by atoms with Crippen molar-refractivity contribution in [3.05, 3.63) is 0 Å². The zero-order chi connectivity index (χ0) is 6.69. The van der Waals surface area contributed by atoms with Gasteiger partial charge in [-0.05, 0) is 12.8 Å². The molecule has 0 aromatic heterocycles. The molecule has 1 heterocycles. The Morgan fingerprint density at radius 1 is 1.56 bits per heavy atom. The molecule has 1 N–H and O–H groups in total. The van der Waals surface area contributed by atoms with Crippen molar-refractivity contribution in [3.8, 4) is 0 Å². The molecule has 1 aliphatic heterocycles. The Balaban J connectivity index is 2.41. The molecule has 0 saturated carbocycles. The summed E-state index contributed by atoms with van der Waals surface area (Å²) in [5.41, 5.74) is 0. The maximum Gasteiger partial charge on any atom is 0.215 e. The average Bonchev–Trinajstić information content (AvgIpc) is 1.99. The summed E-state index contributed by atoms with van der Waals surface area (Å²) in [7, 11) is 0. The van der Waals surface area contributed by atoms with Gasteiger partial charge in [0.25, 0.3) is 0 Å². The summed E-state index contributed by atoms with van der Waals surface area (Å²) in [6, 6.07) is 0. The van der Waals surface area contributed by atoms with Crippen molar-refractivity contribution in [2.24, 2.45) is 0 Å². The Labute approximate surface area is 53.6 Å². The van der Waals surface area contributed by atoms with Crippen LogP contribution in [-0.4, -0.2) is 23.8 Å². The van der Waals surface area contributed by atoms with E-state index in [4.69, 9.17) is 9.84 Å². The molecule has 0 amide bonds. The second-order valence-electron chi connectivity index (χ2n) is 2.15. The predicted molar refractivity (Wildman–Crippen MR) is 30.8 cm³/mol. The molecule has 1 aliphatic rings. The van der Waals surface area contributed by atoms with Crippen LogP contribution in [0, 0.1) is 0 Å². The van der Waals surface area contributed by atoms with E-state index in [0.717, 1.165) is 12.8 Å². The first-order valence-corrected chi connectivity index (χ1v) is 3.13. The maximum atomic E-state index is 10.6. The number of carbonyl (C=O) groups is 1. The van der Waals surface area contributed by atoms with Gasteiger partial charge in [-0.3, -0.25) is 4.79 Å². The lowest BCUT2D eigenvalue weighted by Crippen LogP contribution is -2.21. The second kappa shape index (κ2) is 2.94. The monoisotopic (exact) mass is 130 g/mol. The van der Waals surface area contributed by atoms with Crippen LogP contribution in [0.4, 0.5) is 0 Å². The Hall–Kier alpha value is -0.410. The van der Waals surface area contributed by atoms with Crippen LogP contribution in [0.1, 0.15) is 19.3 Å². The lowest BCUT2D eigenvalue weighted by molar-refractivity contribution is -0.152. The summed E-state index contributed by atoms with van der Waals surface area (Å²) in [4.78, 5) is 10.6. The summed E-state index contributed by atoms with van der Waals surface area (Å²) in [6.07, 6.45) is 1.03. The van der Waals surface area contributed by atoms with Crippen molar-refractivity contribution >= 4 is 5.78 Å². The summed E-state index contributed by atoms with van der Waals surface area (Å²) in [6.45, 7) is 0.507. The van der Waals surface area contributed by atoms with Crippen molar-refractivity contribution in [3.63, 3.8) is 0 Å². The zero-order valence-corrected chi connectivity index (χ0v) is 5.17. The Morgan fingerprint density at radius 2 is 2.33 bits per heavy atom. The molecule has 0 aromatic rings. The topological polar surface area (TPSA) is 46.5 Å². The van der Waals surface area contributed by atoms with Crippen LogP contribution in [0.25, 0.3) is 0 Å². The SMILES string of the molecule is O=C1CCCCO[C@@H]1O. The van der Waals surface area contributed by atoms with E-state index in [-0.39, 0.29) is 5.78 Å². The molecule has 52 valence electrons. The molecule has 0 unspecified atom stereocenters. The Kier molecular flexibility index (Phi) is 2.19. The van der Waals surface area contributed by atoms with Gasteiger partial charge < -0.3 is 9.84 Å². The lowest BCUT2D eigenvalue weighted by atomic mass is 10.2. The minimum atomic E-state index is -1.15. The summed E-state index contributed by atoms with van der Waals surface area (Å²) in [5, 5.41) is 8.79. The number of hydrogen-bond acceptors (Lipinski definition) is 3. The summed E-state index contributed by atoms with van der Waals surface area (Å²) < 4.78 is 4.72. The molecule has 3 nitrogen and oxygen atoms in total. The molecule has 0 spiro atoms. The third kappa shape index (κ3) is 1.77. The first-order chi connectivity index (χ1) is 4.30. The van der Waals surface area contributed by atoms with E-state index in [1.165, 1.54) is 0 Å². The molecule has 0 radical (unpaired) electrons. The van der Waals surface area contributed by atoms with E-state index in [9.17, 15) is 4.79 Å². The Bertz CT molecular complexity index is 111. The van der Waals surface area contributed by atoms with Crippen LogP contribution in [0.2, 0.25) is 0 Å². The molecule has 0 aromatic carbocycles. The van der Waals surface area contributed by atoms with Gasteiger partial charge in [-0.2, -0.15) is 0 Å². The normalized spacial score (nSPS) is 29.9. The highest BCUT2D eigenvalue weighted by molar-refractivity contribution is 5.81. The van der Waals surface area contributed by atoms with Gasteiger partial charge in [0.15, 0.2) is 5.78 Å². The van der Waals surface area contributed by atoms with Crippen molar-refractivity contribution < 1.29 is 14.6 Å². The van der Waals surface area contributed by atoms with Crippen molar-refractivity contribution in [2.45, 2.75) is 25.6 Å². The number of rotatable bonds is 0. The second-order valence-corrected chi connectivity index (χ2v) is 2.15. The third-order valence-electron chi connectivity index (χ3n) is 1.37. The standard InChI is InChI=1S/C6H10O3/c7-5-3-1-2-4-9-6(5)8/h6,8H,1-4H2/t6-/m0/s1. The average molecular weight is 130 g/mol. The van der Waals surface area contributed by atoms with Crippen LogP contribution in [0.5, 0.6) is 0 Å². The molecule has 0 aliphatic carbocycles. The smallest absolute Gasteiger partial charge is 0.215 e. The minimum absolute atomic E-state index is 0.187. The molecular formula is C6H10O3. The number of aliphatic hydroxyl groups is 1. The number of Topliss-reactive ketones (excluding diaryl/α,β-unsaturated/α-hetero) is 1. The zero-order valence-electron chi connectivity index (χ0n) is 5.17. The van der Waals surface area contributed by atoms with Crippen LogP contribution in [0.15, 0.2) is 0 Å². The van der Waals surface area contributed by atoms with Crippen molar-refractivity contribution in [2.75, 3.05) is 6.61 Å². The molecular weight excluding hydrogens is 120 g/mol. The first-order valence-electron chi connectivity index (χ1n) is 3.13. The van der Waals surface area contributed by atoms with Gasteiger partial charge in [0.05, 0.1) is 6.61 Å². The molecule has 3 heteroatoms.